The molecule has 1 aromatic carbocycles. The highest BCUT2D eigenvalue weighted by molar-refractivity contribution is 8.67. The molecule has 0 radical (unpaired) electrons. The third-order valence-electron chi connectivity index (χ3n) is 2.80. The molecule has 8 heteroatoms. The number of carbonyl (C=O) groups excluding carboxylic acids is 1. The van der Waals surface area contributed by atoms with Gasteiger partial charge in [-0.2, -0.15) is 0 Å². The van der Waals surface area contributed by atoms with Gasteiger partial charge in [-0.1, -0.05) is 26.0 Å². The van der Waals surface area contributed by atoms with Gasteiger partial charge in [0, 0.05) is 17.3 Å². The van der Waals surface area contributed by atoms with Crippen molar-refractivity contribution in [3.63, 3.8) is 0 Å². The summed E-state index contributed by atoms with van der Waals surface area (Å²) in [6.45, 7) is 8.98. The third-order valence-corrected chi connectivity index (χ3v) is 7.18. The smallest absolute Gasteiger partial charge is 0.321 e. The second kappa shape index (κ2) is 10.3. The Morgan fingerprint density at radius 1 is 1.22 bits per heavy atom. The fraction of sp³-hybridized carbons (Fsp3) is 0.533. The van der Waals surface area contributed by atoms with E-state index in [-0.39, 0.29) is 6.03 Å². The van der Waals surface area contributed by atoms with E-state index in [1.54, 1.807) is 0 Å². The number of nitrogens with one attached hydrogen (secondary N) is 2. The lowest BCUT2D eigenvalue weighted by molar-refractivity contribution is 0.255. The topological polar surface area (TPSA) is 59.6 Å². The maximum atomic E-state index is 12.1. The zero-order chi connectivity index (χ0) is 17.3. The summed E-state index contributed by atoms with van der Waals surface area (Å²) in [6, 6.07) is 5.57. The molecule has 1 rings (SSSR count). The van der Waals surface area contributed by atoms with Crippen molar-refractivity contribution in [3.05, 3.63) is 29.3 Å². The van der Waals surface area contributed by atoms with Gasteiger partial charge in [-0.15, -0.1) is 0 Å². The number of aryl methyl sites for hydroxylation is 2. The van der Waals surface area contributed by atoms with E-state index in [4.69, 9.17) is 20.9 Å². The van der Waals surface area contributed by atoms with Crippen molar-refractivity contribution in [2.75, 3.05) is 18.5 Å². The molecule has 0 unspecified atom stereocenters. The molecule has 130 valence electrons. The van der Waals surface area contributed by atoms with Crippen LogP contribution in [0.15, 0.2) is 18.2 Å². The van der Waals surface area contributed by atoms with Gasteiger partial charge >= 0.3 is 6.03 Å². The molecular weight excluding hydrogens is 351 g/mol. The molecule has 1 aromatic rings. The van der Waals surface area contributed by atoms with E-state index in [0.717, 1.165) is 41.2 Å². The minimum atomic E-state index is -2.55. The molecule has 0 aliphatic carbocycles. The number of anilines is 1. The van der Waals surface area contributed by atoms with E-state index in [0.29, 0.717) is 13.2 Å². The first-order valence-electron chi connectivity index (χ1n) is 7.62. The average molecular weight is 376 g/mol. The first-order valence-corrected chi connectivity index (χ1v) is 11.7. The Morgan fingerprint density at radius 3 is 2.39 bits per heavy atom. The van der Waals surface area contributed by atoms with Crippen molar-refractivity contribution in [2.45, 2.75) is 40.5 Å². The maximum absolute atomic E-state index is 12.1. The van der Waals surface area contributed by atoms with Crippen LogP contribution in [0.3, 0.4) is 0 Å². The summed E-state index contributed by atoms with van der Waals surface area (Å²) >= 11 is 6.51. The number of amides is 2. The summed E-state index contributed by atoms with van der Waals surface area (Å²) in [5, 5.41) is 2.83. The minimum absolute atomic E-state index is 0.335. The number of rotatable bonds is 9. The van der Waals surface area contributed by atoms with Gasteiger partial charge in [-0.05, 0) is 55.7 Å². The molecular formula is C15H25N2O3PS2. The minimum Gasteiger partial charge on any atom is -0.321 e. The van der Waals surface area contributed by atoms with E-state index in [2.05, 4.69) is 10.0 Å². The van der Waals surface area contributed by atoms with Crippen molar-refractivity contribution in [1.82, 2.24) is 4.72 Å². The Morgan fingerprint density at radius 2 is 1.83 bits per heavy atom. The van der Waals surface area contributed by atoms with Crippen LogP contribution in [0.4, 0.5) is 10.5 Å². The Balaban J connectivity index is 2.60. The molecule has 0 heterocycles. The number of hydrogen-bond donors (Lipinski definition) is 2. The van der Waals surface area contributed by atoms with E-state index >= 15 is 0 Å². The largest absolute Gasteiger partial charge is 0.329 e. The molecule has 2 amide bonds. The normalized spacial score (nSPS) is 11.3. The van der Waals surface area contributed by atoms with Gasteiger partial charge in [0.1, 0.15) is 0 Å². The lowest BCUT2D eigenvalue weighted by Gasteiger charge is -2.21. The van der Waals surface area contributed by atoms with Crippen LogP contribution < -0.4 is 10.0 Å². The average Bonchev–Trinajstić information content (AvgIpc) is 2.53. The summed E-state index contributed by atoms with van der Waals surface area (Å²) in [5.41, 5.74) is 0.308. The Bertz CT molecular complexity index is 558. The molecule has 0 aliphatic heterocycles. The fourth-order valence-electron chi connectivity index (χ4n) is 1.61. The zero-order valence-electron chi connectivity index (χ0n) is 14.0. The summed E-state index contributed by atoms with van der Waals surface area (Å²) in [4.78, 5) is 12.1. The van der Waals surface area contributed by atoms with Gasteiger partial charge in [-0.3, -0.25) is 4.72 Å². The molecule has 0 saturated heterocycles. The summed E-state index contributed by atoms with van der Waals surface area (Å²) in [5.74, 6) is 0. The van der Waals surface area contributed by atoms with Crippen LogP contribution in [0, 0.1) is 13.8 Å². The molecule has 2 N–H and O–H groups in total. The Labute approximate surface area is 148 Å². The predicted octanol–water partition coefficient (Wildman–Crippen LogP) is 5.15. The van der Waals surface area contributed by atoms with Gasteiger partial charge in [-0.25, -0.2) is 4.79 Å². The van der Waals surface area contributed by atoms with Gasteiger partial charge in [0.05, 0.1) is 13.2 Å². The number of urea groups is 1. The molecule has 0 fully saturated rings. The van der Waals surface area contributed by atoms with E-state index < -0.39 is 5.69 Å². The molecule has 0 atom stereocenters. The summed E-state index contributed by atoms with van der Waals surface area (Å²) in [7, 11) is 0. The first kappa shape index (κ1) is 20.5. The predicted molar refractivity (Wildman–Crippen MR) is 102 cm³/mol. The monoisotopic (exact) mass is 376 g/mol. The second-order valence-electron chi connectivity index (χ2n) is 5.08. The zero-order valence-corrected chi connectivity index (χ0v) is 16.6. The van der Waals surface area contributed by atoms with Crippen LogP contribution >= 0.6 is 17.3 Å². The van der Waals surface area contributed by atoms with Crippen LogP contribution in [0.5, 0.6) is 0 Å². The lowest BCUT2D eigenvalue weighted by atomic mass is 10.1. The second-order valence-corrected chi connectivity index (χ2v) is 11.0. The highest BCUT2D eigenvalue weighted by Gasteiger charge is 2.21. The van der Waals surface area contributed by atoms with Crippen LogP contribution in [0.1, 0.15) is 37.8 Å². The van der Waals surface area contributed by atoms with Crippen molar-refractivity contribution in [1.29, 1.82) is 0 Å². The van der Waals surface area contributed by atoms with Crippen LogP contribution in [-0.4, -0.2) is 19.2 Å². The number of hydrogen-bond acceptors (Lipinski definition) is 5. The standard InChI is InChI=1S/C15H25N2O3PS2/c1-5-9-19-21(22,20-10-6-2)23-17-15(18)16-14-11-12(3)7-8-13(14)4/h7-8,11H,5-6,9-10H2,1-4H3,(H2,16,17,18). The van der Waals surface area contributed by atoms with Gasteiger partial charge in [0.15, 0.2) is 0 Å². The van der Waals surface area contributed by atoms with Gasteiger partial charge in [0.25, 0.3) is 5.69 Å². The molecule has 0 saturated carbocycles. The van der Waals surface area contributed by atoms with Gasteiger partial charge in [0.2, 0.25) is 0 Å². The van der Waals surface area contributed by atoms with E-state index in [9.17, 15) is 4.79 Å². The van der Waals surface area contributed by atoms with Crippen LogP contribution in [0.25, 0.3) is 0 Å². The Kier molecular flexibility index (Phi) is 9.17. The first-order chi connectivity index (χ1) is 10.9. The third kappa shape index (κ3) is 7.68. The van der Waals surface area contributed by atoms with Crippen LogP contribution in [-0.2, 0) is 20.9 Å². The van der Waals surface area contributed by atoms with E-state index in [1.807, 2.05) is 45.9 Å². The van der Waals surface area contributed by atoms with Crippen molar-refractivity contribution in [2.24, 2.45) is 0 Å². The van der Waals surface area contributed by atoms with Crippen molar-refractivity contribution < 1.29 is 13.8 Å². The molecule has 5 nitrogen and oxygen atoms in total. The molecule has 23 heavy (non-hydrogen) atoms. The number of benzene rings is 1. The van der Waals surface area contributed by atoms with Crippen molar-refractivity contribution >= 4 is 40.8 Å². The Hall–Kier alpha value is -0.590. The number of carbonyl (C=O) groups is 1. The molecule has 0 aromatic heterocycles. The summed E-state index contributed by atoms with van der Waals surface area (Å²) in [6.07, 6.45) is 1.70. The van der Waals surface area contributed by atoms with Crippen LogP contribution in [0.2, 0.25) is 0 Å². The highest BCUT2D eigenvalue weighted by Crippen LogP contribution is 2.59. The molecule has 0 spiro atoms. The maximum Gasteiger partial charge on any atom is 0.329 e. The van der Waals surface area contributed by atoms with Gasteiger partial charge < -0.3 is 14.4 Å². The quantitative estimate of drug-likeness (QED) is 0.461. The fourth-order valence-corrected chi connectivity index (χ4v) is 4.98. The van der Waals surface area contributed by atoms with Crippen molar-refractivity contribution in [3.8, 4) is 0 Å². The molecule has 0 bridgehead atoms. The SMILES string of the molecule is CCCOP(=S)(OCCC)SNC(=O)Nc1cc(C)ccc1C. The van der Waals surface area contributed by atoms with E-state index in [1.165, 1.54) is 0 Å². The highest BCUT2D eigenvalue weighted by atomic mass is 32.9. The summed E-state index contributed by atoms with van der Waals surface area (Å²) < 4.78 is 14.0. The lowest BCUT2D eigenvalue weighted by Crippen LogP contribution is -2.23. The molecule has 0 aliphatic rings.